The van der Waals surface area contributed by atoms with Crippen molar-refractivity contribution >= 4 is 15.9 Å². The van der Waals surface area contributed by atoms with Gasteiger partial charge in [0.1, 0.15) is 0 Å². The first-order valence-corrected chi connectivity index (χ1v) is 9.01. The number of nitrogens with zero attached hydrogens (tertiary/aromatic N) is 2. The summed E-state index contributed by atoms with van der Waals surface area (Å²) < 4.78 is 26.2. The SMILES string of the molecule is C#CCNS(=O)(=O)c1ccc(C(=O)N2CCN(CC)CC2)cc1. The molecular weight excluding hydrogens is 314 g/mol. The van der Waals surface area contributed by atoms with Crippen LogP contribution in [0.25, 0.3) is 0 Å². The molecule has 0 saturated carbocycles. The molecule has 124 valence electrons. The van der Waals surface area contributed by atoms with Crippen LogP contribution in [0.5, 0.6) is 0 Å². The maximum absolute atomic E-state index is 12.4. The third-order valence-electron chi connectivity index (χ3n) is 3.88. The number of carbonyl (C=O) groups excluding carboxylic acids is 1. The first-order valence-electron chi connectivity index (χ1n) is 7.52. The molecule has 23 heavy (non-hydrogen) atoms. The molecular formula is C16H21N3O3S. The molecule has 1 aromatic carbocycles. The zero-order valence-electron chi connectivity index (χ0n) is 13.2. The Kier molecular flexibility index (Phi) is 5.77. The highest BCUT2D eigenvalue weighted by Gasteiger charge is 2.22. The van der Waals surface area contributed by atoms with Crippen LogP contribution in [0.4, 0.5) is 0 Å². The molecule has 1 aliphatic heterocycles. The van der Waals surface area contributed by atoms with Gasteiger partial charge in [0.25, 0.3) is 5.91 Å². The molecule has 0 aromatic heterocycles. The van der Waals surface area contributed by atoms with E-state index >= 15 is 0 Å². The van der Waals surface area contributed by atoms with Crippen LogP contribution >= 0.6 is 0 Å². The summed E-state index contributed by atoms with van der Waals surface area (Å²) in [4.78, 5) is 16.6. The van der Waals surface area contributed by atoms with Gasteiger partial charge in [-0.1, -0.05) is 12.8 Å². The van der Waals surface area contributed by atoms with Crippen LogP contribution in [-0.2, 0) is 10.0 Å². The van der Waals surface area contributed by atoms with E-state index in [-0.39, 0.29) is 17.3 Å². The number of hydrogen-bond acceptors (Lipinski definition) is 4. The van der Waals surface area contributed by atoms with E-state index in [4.69, 9.17) is 6.42 Å². The van der Waals surface area contributed by atoms with E-state index in [9.17, 15) is 13.2 Å². The topological polar surface area (TPSA) is 69.7 Å². The van der Waals surface area contributed by atoms with Crippen molar-refractivity contribution in [1.82, 2.24) is 14.5 Å². The van der Waals surface area contributed by atoms with E-state index in [2.05, 4.69) is 22.5 Å². The first-order chi connectivity index (χ1) is 11.0. The predicted molar refractivity (Wildman–Crippen MR) is 88.5 cm³/mol. The number of rotatable bonds is 5. The molecule has 0 atom stereocenters. The summed E-state index contributed by atoms with van der Waals surface area (Å²) in [6.07, 6.45) is 5.05. The highest BCUT2D eigenvalue weighted by Crippen LogP contribution is 2.13. The van der Waals surface area contributed by atoms with E-state index < -0.39 is 10.0 Å². The van der Waals surface area contributed by atoms with Crippen molar-refractivity contribution in [2.24, 2.45) is 0 Å². The number of hydrogen-bond donors (Lipinski definition) is 1. The van der Waals surface area contributed by atoms with Gasteiger partial charge in [0, 0.05) is 31.7 Å². The lowest BCUT2D eigenvalue weighted by Crippen LogP contribution is -2.48. The molecule has 1 heterocycles. The molecule has 1 aliphatic rings. The fourth-order valence-corrected chi connectivity index (χ4v) is 3.38. The largest absolute Gasteiger partial charge is 0.336 e. The van der Waals surface area contributed by atoms with E-state index in [0.29, 0.717) is 18.7 Å². The molecule has 1 saturated heterocycles. The summed E-state index contributed by atoms with van der Waals surface area (Å²) in [7, 11) is -3.62. The van der Waals surface area contributed by atoms with Crippen molar-refractivity contribution in [1.29, 1.82) is 0 Å². The smallest absolute Gasteiger partial charge is 0.253 e. The number of terminal acetylenes is 1. The van der Waals surface area contributed by atoms with E-state index in [1.54, 1.807) is 17.0 Å². The Labute approximate surface area is 137 Å². The Hall–Kier alpha value is -1.88. The second-order valence-electron chi connectivity index (χ2n) is 5.28. The quantitative estimate of drug-likeness (QED) is 0.790. The van der Waals surface area contributed by atoms with E-state index in [0.717, 1.165) is 19.6 Å². The molecule has 6 nitrogen and oxygen atoms in total. The lowest BCUT2D eigenvalue weighted by molar-refractivity contribution is 0.0643. The number of benzene rings is 1. The molecule has 0 spiro atoms. The Morgan fingerprint density at radius 1 is 1.22 bits per heavy atom. The Bertz CT molecular complexity index is 684. The van der Waals surface area contributed by atoms with Crippen molar-refractivity contribution in [2.75, 3.05) is 39.3 Å². The second-order valence-corrected chi connectivity index (χ2v) is 7.05. The summed E-state index contributed by atoms with van der Waals surface area (Å²) in [6, 6.07) is 5.93. The van der Waals surface area contributed by atoms with E-state index in [1.165, 1.54) is 12.1 Å². The highest BCUT2D eigenvalue weighted by molar-refractivity contribution is 7.89. The van der Waals surface area contributed by atoms with Crippen LogP contribution in [0.1, 0.15) is 17.3 Å². The summed E-state index contributed by atoms with van der Waals surface area (Å²) in [6.45, 7) is 6.14. The minimum atomic E-state index is -3.62. The standard InChI is InChI=1S/C16H21N3O3S/c1-3-9-17-23(21,22)15-7-5-14(6-8-15)16(20)19-12-10-18(4-2)11-13-19/h1,5-8,17H,4,9-13H2,2H3. The third kappa shape index (κ3) is 4.32. The first kappa shape index (κ1) is 17.5. The van der Waals surface area contributed by atoms with Gasteiger partial charge in [-0.15, -0.1) is 6.42 Å². The lowest BCUT2D eigenvalue weighted by atomic mass is 10.2. The van der Waals surface area contributed by atoms with Gasteiger partial charge in [-0.3, -0.25) is 4.79 Å². The molecule has 1 fully saturated rings. The number of carbonyl (C=O) groups is 1. The summed E-state index contributed by atoms with van der Waals surface area (Å²) in [5.74, 6) is 2.15. The van der Waals surface area contributed by atoms with Gasteiger partial charge in [0.05, 0.1) is 11.4 Å². The van der Waals surface area contributed by atoms with Crippen LogP contribution in [0.2, 0.25) is 0 Å². The fraction of sp³-hybridized carbons (Fsp3) is 0.438. The van der Waals surface area contributed by atoms with Gasteiger partial charge in [-0.2, -0.15) is 4.72 Å². The van der Waals surface area contributed by atoms with Gasteiger partial charge in [-0.25, -0.2) is 8.42 Å². The highest BCUT2D eigenvalue weighted by atomic mass is 32.2. The molecule has 0 bridgehead atoms. The van der Waals surface area contributed by atoms with Crippen molar-refractivity contribution < 1.29 is 13.2 Å². The average Bonchev–Trinajstić information content (AvgIpc) is 2.59. The van der Waals surface area contributed by atoms with Crippen molar-refractivity contribution in [3.05, 3.63) is 29.8 Å². The summed E-state index contributed by atoms with van der Waals surface area (Å²) in [5, 5.41) is 0. The van der Waals surface area contributed by atoms with E-state index in [1.807, 2.05) is 0 Å². The van der Waals surface area contributed by atoms with Crippen LogP contribution in [0.15, 0.2) is 29.2 Å². The normalized spacial score (nSPS) is 16.1. The van der Waals surface area contributed by atoms with Crippen molar-refractivity contribution in [3.8, 4) is 12.3 Å². The maximum atomic E-state index is 12.4. The second kappa shape index (κ2) is 7.59. The molecule has 7 heteroatoms. The molecule has 2 rings (SSSR count). The molecule has 1 aromatic rings. The number of piperazine rings is 1. The monoisotopic (exact) mass is 335 g/mol. The zero-order chi connectivity index (χ0) is 16.9. The van der Waals surface area contributed by atoms with Gasteiger partial charge >= 0.3 is 0 Å². The number of nitrogens with one attached hydrogen (secondary N) is 1. The minimum absolute atomic E-state index is 0.0648. The Balaban J connectivity index is 2.05. The van der Waals surface area contributed by atoms with Gasteiger partial charge in [0.15, 0.2) is 0 Å². The minimum Gasteiger partial charge on any atom is -0.336 e. The number of amides is 1. The Morgan fingerprint density at radius 2 is 1.83 bits per heavy atom. The zero-order valence-corrected chi connectivity index (χ0v) is 14.0. The maximum Gasteiger partial charge on any atom is 0.253 e. The fourth-order valence-electron chi connectivity index (χ4n) is 2.45. The molecule has 0 unspecified atom stereocenters. The van der Waals surface area contributed by atoms with Gasteiger partial charge in [-0.05, 0) is 30.8 Å². The molecule has 0 radical (unpaired) electrons. The van der Waals surface area contributed by atoms with Crippen LogP contribution in [-0.4, -0.2) is 63.4 Å². The van der Waals surface area contributed by atoms with Crippen LogP contribution < -0.4 is 4.72 Å². The average molecular weight is 335 g/mol. The lowest BCUT2D eigenvalue weighted by Gasteiger charge is -2.34. The molecule has 0 aliphatic carbocycles. The number of sulfonamides is 1. The Morgan fingerprint density at radius 3 is 2.35 bits per heavy atom. The predicted octanol–water partition coefficient (Wildman–Crippen LogP) is 0.376. The van der Waals surface area contributed by atoms with Crippen LogP contribution in [0, 0.1) is 12.3 Å². The molecule has 1 amide bonds. The third-order valence-corrected chi connectivity index (χ3v) is 5.30. The van der Waals surface area contributed by atoms with Gasteiger partial charge < -0.3 is 9.80 Å². The van der Waals surface area contributed by atoms with Crippen molar-refractivity contribution in [3.63, 3.8) is 0 Å². The molecule has 1 N–H and O–H groups in total. The number of likely N-dealkylation sites (N-methyl/N-ethyl adjacent to an activating group) is 1. The summed E-state index contributed by atoms with van der Waals surface area (Å²) >= 11 is 0. The van der Waals surface area contributed by atoms with Gasteiger partial charge in [0.2, 0.25) is 10.0 Å². The van der Waals surface area contributed by atoms with Crippen molar-refractivity contribution in [2.45, 2.75) is 11.8 Å². The van der Waals surface area contributed by atoms with Crippen LogP contribution in [0.3, 0.4) is 0 Å². The summed E-state index contributed by atoms with van der Waals surface area (Å²) in [5.41, 5.74) is 0.492.